The largest absolute Gasteiger partial charge is 0.497 e. The van der Waals surface area contributed by atoms with Crippen LogP contribution in [0.2, 0.25) is 0 Å². The van der Waals surface area contributed by atoms with Crippen LogP contribution in [0.3, 0.4) is 0 Å². The normalized spacial score (nSPS) is 16.5. The van der Waals surface area contributed by atoms with Crippen LogP contribution in [0.1, 0.15) is 31.4 Å². The van der Waals surface area contributed by atoms with Gasteiger partial charge in [0, 0.05) is 33.2 Å². The number of methoxy groups -OCH3 is 1. The van der Waals surface area contributed by atoms with Crippen molar-refractivity contribution < 1.29 is 9.47 Å². The van der Waals surface area contributed by atoms with E-state index < -0.39 is 0 Å². The molecular weight excluding hydrogens is 443 g/mol. The zero-order valence-corrected chi connectivity index (χ0v) is 18.5. The number of ether oxygens (including phenoxy) is 2. The quantitative estimate of drug-likeness (QED) is 0.262. The predicted molar refractivity (Wildman–Crippen MR) is 118 cm³/mol. The van der Waals surface area contributed by atoms with Crippen molar-refractivity contribution in [3.63, 3.8) is 0 Å². The minimum Gasteiger partial charge on any atom is -0.497 e. The average Bonchev–Trinajstić information content (AvgIpc) is 2.68. The van der Waals surface area contributed by atoms with Crippen molar-refractivity contribution in [1.82, 2.24) is 15.5 Å². The van der Waals surface area contributed by atoms with Crippen molar-refractivity contribution in [2.45, 2.75) is 25.8 Å². The topological polar surface area (TPSA) is 58.1 Å². The zero-order chi connectivity index (χ0) is 17.9. The standard InChI is InChI=1S/C19H32N4O2.HI/c1-4-5-10-21-19(20-2)22-15-18(23-11-13-25-14-12-23)16-6-8-17(24-3)9-7-16;/h6-9,18H,4-5,10-15H2,1-3H3,(H2,20,21,22);1H. The highest BCUT2D eigenvalue weighted by atomic mass is 127. The number of benzene rings is 1. The van der Waals surface area contributed by atoms with Crippen molar-refractivity contribution >= 4 is 29.9 Å². The molecule has 7 heteroatoms. The van der Waals surface area contributed by atoms with Crippen LogP contribution in [0.25, 0.3) is 0 Å². The van der Waals surface area contributed by atoms with Crippen LogP contribution in [-0.2, 0) is 4.74 Å². The molecule has 0 aromatic heterocycles. The maximum Gasteiger partial charge on any atom is 0.191 e. The van der Waals surface area contributed by atoms with Gasteiger partial charge >= 0.3 is 0 Å². The lowest BCUT2D eigenvalue weighted by molar-refractivity contribution is 0.0170. The highest BCUT2D eigenvalue weighted by molar-refractivity contribution is 14.0. The van der Waals surface area contributed by atoms with E-state index in [4.69, 9.17) is 9.47 Å². The number of unbranched alkanes of at least 4 members (excludes halogenated alkanes) is 1. The maximum absolute atomic E-state index is 5.52. The highest BCUT2D eigenvalue weighted by Gasteiger charge is 2.23. The van der Waals surface area contributed by atoms with Gasteiger partial charge in [-0.15, -0.1) is 24.0 Å². The van der Waals surface area contributed by atoms with Gasteiger partial charge in [0.05, 0.1) is 26.4 Å². The summed E-state index contributed by atoms with van der Waals surface area (Å²) in [4.78, 5) is 6.80. The summed E-state index contributed by atoms with van der Waals surface area (Å²) in [6.07, 6.45) is 2.32. The number of rotatable bonds is 8. The maximum atomic E-state index is 5.52. The number of morpholine rings is 1. The van der Waals surface area contributed by atoms with Crippen molar-refractivity contribution in [1.29, 1.82) is 0 Å². The van der Waals surface area contributed by atoms with E-state index in [1.807, 2.05) is 19.2 Å². The lowest BCUT2D eigenvalue weighted by atomic mass is 10.0. The number of nitrogens with zero attached hydrogens (tertiary/aromatic N) is 2. The van der Waals surface area contributed by atoms with Crippen LogP contribution in [0.4, 0.5) is 0 Å². The van der Waals surface area contributed by atoms with Crippen molar-refractivity contribution in [2.75, 3.05) is 53.6 Å². The molecule has 0 bridgehead atoms. The van der Waals surface area contributed by atoms with Gasteiger partial charge in [0.2, 0.25) is 0 Å². The molecule has 0 saturated carbocycles. The van der Waals surface area contributed by atoms with E-state index in [-0.39, 0.29) is 30.0 Å². The molecule has 0 spiro atoms. The van der Waals surface area contributed by atoms with Gasteiger partial charge in [0.1, 0.15) is 5.75 Å². The fraction of sp³-hybridized carbons (Fsp3) is 0.632. The van der Waals surface area contributed by atoms with Gasteiger partial charge in [-0.3, -0.25) is 9.89 Å². The first kappa shape index (κ1) is 23.0. The Morgan fingerprint density at radius 1 is 1.23 bits per heavy atom. The number of hydrogen-bond donors (Lipinski definition) is 2. The van der Waals surface area contributed by atoms with Gasteiger partial charge in [-0.1, -0.05) is 25.5 Å². The first-order valence-electron chi connectivity index (χ1n) is 9.18. The average molecular weight is 476 g/mol. The van der Waals surface area contributed by atoms with Gasteiger partial charge in [-0.05, 0) is 24.1 Å². The molecule has 1 fully saturated rings. The summed E-state index contributed by atoms with van der Waals surface area (Å²) in [5.74, 6) is 1.75. The second kappa shape index (κ2) is 13.2. The molecule has 1 aliphatic heterocycles. The SMILES string of the molecule is CCCCNC(=NC)NCC(c1ccc(OC)cc1)N1CCOCC1.I. The summed E-state index contributed by atoms with van der Waals surface area (Å²) >= 11 is 0. The van der Waals surface area contributed by atoms with Crippen molar-refractivity contribution in [2.24, 2.45) is 4.99 Å². The molecule has 6 nitrogen and oxygen atoms in total. The van der Waals surface area contributed by atoms with E-state index in [0.29, 0.717) is 0 Å². The number of nitrogens with one attached hydrogen (secondary N) is 2. The lowest BCUT2D eigenvalue weighted by Crippen LogP contribution is -2.46. The Hall–Kier alpha value is -1.06. The third-order valence-corrected chi connectivity index (χ3v) is 4.50. The summed E-state index contributed by atoms with van der Waals surface area (Å²) < 4.78 is 10.8. The Morgan fingerprint density at radius 2 is 1.92 bits per heavy atom. The second-order valence-electron chi connectivity index (χ2n) is 6.17. The molecule has 148 valence electrons. The van der Waals surface area contributed by atoms with Gasteiger partial charge in [0.15, 0.2) is 5.96 Å². The summed E-state index contributed by atoms with van der Waals surface area (Å²) in [5.41, 5.74) is 1.28. The Kier molecular flexibility index (Phi) is 11.6. The number of hydrogen-bond acceptors (Lipinski definition) is 4. The Bertz CT molecular complexity index is 519. The van der Waals surface area contributed by atoms with Crippen LogP contribution < -0.4 is 15.4 Å². The first-order chi connectivity index (χ1) is 12.3. The predicted octanol–water partition coefficient (Wildman–Crippen LogP) is 2.65. The smallest absolute Gasteiger partial charge is 0.191 e. The molecule has 1 aromatic carbocycles. The first-order valence-corrected chi connectivity index (χ1v) is 9.18. The second-order valence-corrected chi connectivity index (χ2v) is 6.17. The zero-order valence-electron chi connectivity index (χ0n) is 16.2. The molecule has 0 amide bonds. The number of aliphatic imine (C=N–C) groups is 1. The fourth-order valence-electron chi connectivity index (χ4n) is 2.97. The van der Waals surface area contributed by atoms with Crippen molar-refractivity contribution in [3.05, 3.63) is 29.8 Å². The number of halogens is 1. The van der Waals surface area contributed by atoms with E-state index in [1.165, 1.54) is 12.0 Å². The summed E-state index contributed by atoms with van der Waals surface area (Å²) in [5, 5.41) is 6.85. The Labute approximate surface area is 174 Å². The van der Waals surface area contributed by atoms with Gasteiger partial charge < -0.3 is 20.1 Å². The van der Waals surface area contributed by atoms with Gasteiger partial charge in [-0.25, -0.2) is 0 Å². The van der Waals surface area contributed by atoms with Crippen LogP contribution in [0.5, 0.6) is 5.75 Å². The molecule has 1 saturated heterocycles. The minimum absolute atomic E-state index is 0. The molecule has 1 aromatic rings. The third kappa shape index (κ3) is 7.28. The van der Waals surface area contributed by atoms with Crippen LogP contribution >= 0.6 is 24.0 Å². The number of guanidine groups is 1. The van der Waals surface area contributed by atoms with E-state index in [0.717, 1.165) is 57.5 Å². The van der Waals surface area contributed by atoms with Crippen LogP contribution in [-0.4, -0.2) is 64.4 Å². The molecule has 0 radical (unpaired) electrons. The molecular formula is C19H33IN4O2. The lowest BCUT2D eigenvalue weighted by Gasteiger charge is -2.35. The molecule has 1 unspecified atom stereocenters. The fourth-order valence-corrected chi connectivity index (χ4v) is 2.97. The molecule has 2 N–H and O–H groups in total. The summed E-state index contributed by atoms with van der Waals surface area (Å²) in [7, 11) is 3.51. The highest BCUT2D eigenvalue weighted by Crippen LogP contribution is 2.23. The molecule has 26 heavy (non-hydrogen) atoms. The van der Waals surface area contributed by atoms with Crippen molar-refractivity contribution in [3.8, 4) is 5.75 Å². The monoisotopic (exact) mass is 476 g/mol. The Balaban J connectivity index is 0.00000338. The summed E-state index contributed by atoms with van der Waals surface area (Å²) in [6, 6.07) is 8.62. The molecule has 1 heterocycles. The van der Waals surface area contributed by atoms with E-state index in [2.05, 4.69) is 39.6 Å². The van der Waals surface area contributed by atoms with Gasteiger partial charge in [0.25, 0.3) is 0 Å². The van der Waals surface area contributed by atoms with Crippen LogP contribution in [0.15, 0.2) is 29.3 Å². The van der Waals surface area contributed by atoms with E-state index >= 15 is 0 Å². The Morgan fingerprint density at radius 3 is 2.50 bits per heavy atom. The molecule has 2 rings (SSSR count). The van der Waals surface area contributed by atoms with Gasteiger partial charge in [-0.2, -0.15) is 0 Å². The van der Waals surface area contributed by atoms with E-state index in [1.54, 1.807) is 7.11 Å². The summed E-state index contributed by atoms with van der Waals surface area (Å²) in [6.45, 7) is 7.40. The van der Waals surface area contributed by atoms with E-state index in [9.17, 15) is 0 Å². The molecule has 0 aliphatic carbocycles. The third-order valence-electron chi connectivity index (χ3n) is 4.50. The molecule has 1 aliphatic rings. The molecule has 1 atom stereocenters. The minimum atomic E-state index is 0. The van der Waals surface area contributed by atoms with Crippen LogP contribution in [0, 0.1) is 0 Å².